The maximum atomic E-state index is 4.43. The van der Waals surface area contributed by atoms with E-state index >= 15 is 0 Å². The van der Waals surface area contributed by atoms with Gasteiger partial charge in [0.05, 0.1) is 0 Å². The van der Waals surface area contributed by atoms with Crippen molar-refractivity contribution >= 4 is 12.8 Å². The van der Waals surface area contributed by atoms with Crippen LogP contribution in [-0.2, 0) is 0 Å². The molecular weight excluding hydrogens is 154 g/mol. The Balaban J connectivity index is 2.06. The molecule has 2 bridgehead atoms. The van der Waals surface area contributed by atoms with Crippen LogP contribution in [0.3, 0.4) is 0 Å². The van der Waals surface area contributed by atoms with Gasteiger partial charge < -0.3 is 0 Å². The quantitative estimate of drug-likeness (QED) is 0.592. The standard InChI is InChI=1S/C9H17NS/c1-2-9-7-3-4-8(9)6-10(11)5-7/h7-9,11H,2-6H2,1H3. The second-order valence-corrected chi connectivity index (χ2v) is 4.61. The maximum Gasteiger partial charge on any atom is 0.0118 e. The summed E-state index contributed by atoms with van der Waals surface area (Å²) >= 11 is 4.43. The smallest absolute Gasteiger partial charge is 0.0118 e. The highest BCUT2D eigenvalue weighted by Crippen LogP contribution is 2.43. The first-order valence-corrected chi connectivity index (χ1v) is 5.15. The zero-order chi connectivity index (χ0) is 7.84. The van der Waals surface area contributed by atoms with Crippen LogP contribution in [0.4, 0.5) is 0 Å². The number of fused-ring (bicyclic) bond motifs is 2. The summed E-state index contributed by atoms with van der Waals surface area (Å²) < 4.78 is 2.22. The zero-order valence-electron chi connectivity index (χ0n) is 7.16. The maximum absolute atomic E-state index is 4.43. The van der Waals surface area contributed by atoms with Gasteiger partial charge in [-0.2, -0.15) is 0 Å². The molecule has 0 radical (unpaired) electrons. The highest BCUT2D eigenvalue weighted by molar-refractivity contribution is 7.77. The van der Waals surface area contributed by atoms with E-state index in [4.69, 9.17) is 0 Å². The summed E-state index contributed by atoms with van der Waals surface area (Å²) in [5.41, 5.74) is 0. The molecule has 1 saturated carbocycles. The van der Waals surface area contributed by atoms with Gasteiger partial charge >= 0.3 is 0 Å². The summed E-state index contributed by atoms with van der Waals surface area (Å²) in [7, 11) is 0. The summed E-state index contributed by atoms with van der Waals surface area (Å²) in [4.78, 5) is 0. The van der Waals surface area contributed by atoms with Crippen LogP contribution in [0.5, 0.6) is 0 Å². The molecule has 1 aliphatic heterocycles. The van der Waals surface area contributed by atoms with Crippen LogP contribution in [-0.4, -0.2) is 17.4 Å². The normalized spacial score (nSPS) is 44.7. The Morgan fingerprint density at radius 1 is 1.27 bits per heavy atom. The predicted octanol–water partition coefficient (Wildman–Crippen LogP) is 2.20. The number of rotatable bonds is 1. The Morgan fingerprint density at radius 2 is 1.82 bits per heavy atom. The number of nitrogens with zero attached hydrogens (tertiary/aromatic N) is 1. The Hall–Kier alpha value is 0.310. The molecule has 2 unspecified atom stereocenters. The van der Waals surface area contributed by atoms with E-state index in [1.165, 1.54) is 32.4 Å². The minimum absolute atomic E-state index is 0.969. The fourth-order valence-corrected chi connectivity index (χ4v) is 3.40. The van der Waals surface area contributed by atoms with Gasteiger partial charge in [0.25, 0.3) is 0 Å². The van der Waals surface area contributed by atoms with E-state index in [0.717, 1.165) is 17.8 Å². The van der Waals surface area contributed by atoms with Gasteiger partial charge in [0.1, 0.15) is 0 Å². The van der Waals surface area contributed by atoms with Gasteiger partial charge in [0, 0.05) is 13.1 Å². The van der Waals surface area contributed by atoms with E-state index in [-0.39, 0.29) is 0 Å². The van der Waals surface area contributed by atoms with Gasteiger partial charge in [-0.3, -0.25) is 4.31 Å². The molecule has 2 aliphatic rings. The molecule has 0 spiro atoms. The van der Waals surface area contributed by atoms with Gasteiger partial charge in [-0.05, 0) is 30.6 Å². The molecule has 11 heavy (non-hydrogen) atoms. The van der Waals surface area contributed by atoms with E-state index in [1.807, 2.05) is 0 Å². The molecule has 64 valence electrons. The van der Waals surface area contributed by atoms with E-state index in [9.17, 15) is 0 Å². The van der Waals surface area contributed by atoms with Crippen LogP contribution < -0.4 is 0 Å². The summed E-state index contributed by atoms with van der Waals surface area (Å²) in [5, 5.41) is 0. The molecule has 0 amide bonds. The Bertz CT molecular complexity index is 134. The Labute approximate surface area is 74.7 Å². The number of hydrogen-bond donors (Lipinski definition) is 1. The molecular formula is C9H17NS. The van der Waals surface area contributed by atoms with Crippen molar-refractivity contribution in [3.8, 4) is 0 Å². The van der Waals surface area contributed by atoms with E-state index in [1.54, 1.807) is 0 Å². The van der Waals surface area contributed by atoms with E-state index in [2.05, 4.69) is 24.0 Å². The molecule has 2 heteroatoms. The predicted molar refractivity (Wildman–Crippen MR) is 50.6 cm³/mol. The number of piperidine rings is 1. The SMILES string of the molecule is CCC1C2CCC1CN(S)C2. The fraction of sp³-hybridized carbons (Fsp3) is 1.00. The molecule has 0 aromatic rings. The lowest BCUT2D eigenvalue weighted by molar-refractivity contribution is 0.181. The Kier molecular flexibility index (Phi) is 2.15. The van der Waals surface area contributed by atoms with Crippen LogP contribution >= 0.6 is 12.8 Å². The topological polar surface area (TPSA) is 3.24 Å². The van der Waals surface area contributed by atoms with Crippen LogP contribution in [0.1, 0.15) is 26.2 Å². The molecule has 0 N–H and O–H groups in total. The van der Waals surface area contributed by atoms with E-state index < -0.39 is 0 Å². The molecule has 0 aromatic carbocycles. The summed E-state index contributed by atoms with van der Waals surface area (Å²) in [6.45, 7) is 4.81. The molecule has 1 heterocycles. The van der Waals surface area contributed by atoms with Crippen molar-refractivity contribution in [1.82, 2.24) is 4.31 Å². The van der Waals surface area contributed by atoms with Crippen molar-refractivity contribution in [2.45, 2.75) is 26.2 Å². The average Bonchev–Trinajstić information content (AvgIpc) is 2.23. The fourth-order valence-electron chi connectivity index (χ4n) is 2.98. The molecule has 2 atom stereocenters. The first-order chi connectivity index (χ1) is 5.31. The molecule has 0 aromatic heterocycles. The lowest BCUT2D eigenvalue weighted by Crippen LogP contribution is -2.36. The van der Waals surface area contributed by atoms with Crippen LogP contribution in [0.15, 0.2) is 0 Å². The molecule has 1 nitrogen and oxygen atoms in total. The van der Waals surface area contributed by atoms with Gasteiger partial charge in [-0.1, -0.05) is 26.2 Å². The van der Waals surface area contributed by atoms with Crippen LogP contribution in [0.25, 0.3) is 0 Å². The number of thiol groups is 1. The second kappa shape index (κ2) is 2.98. The van der Waals surface area contributed by atoms with E-state index in [0.29, 0.717) is 0 Å². The summed E-state index contributed by atoms with van der Waals surface area (Å²) in [6, 6.07) is 0. The lowest BCUT2D eigenvalue weighted by Gasteiger charge is -2.34. The third kappa shape index (κ3) is 1.31. The first kappa shape index (κ1) is 7.93. The first-order valence-electron chi connectivity index (χ1n) is 4.75. The third-order valence-corrected chi connectivity index (χ3v) is 3.81. The molecule has 2 rings (SSSR count). The highest BCUT2D eigenvalue weighted by atomic mass is 32.1. The third-order valence-electron chi connectivity index (χ3n) is 3.48. The van der Waals surface area contributed by atoms with Crippen molar-refractivity contribution < 1.29 is 0 Å². The molecule has 1 saturated heterocycles. The summed E-state index contributed by atoms with van der Waals surface area (Å²) in [6.07, 6.45) is 4.30. The minimum Gasteiger partial charge on any atom is -0.253 e. The number of hydrogen-bond acceptors (Lipinski definition) is 2. The summed E-state index contributed by atoms with van der Waals surface area (Å²) in [5.74, 6) is 2.96. The Morgan fingerprint density at radius 3 is 2.27 bits per heavy atom. The lowest BCUT2D eigenvalue weighted by atomic mass is 9.84. The van der Waals surface area contributed by atoms with Crippen molar-refractivity contribution in [2.75, 3.05) is 13.1 Å². The molecule has 1 aliphatic carbocycles. The van der Waals surface area contributed by atoms with Crippen molar-refractivity contribution in [3.05, 3.63) is 0 Å². The second-order valence-electron chi connectivity index (χ2n) is 4.04. The van der Waals surface area contributed by atoms with Crippen molar-refractivity contribution in [1.29, 1.82) is 0 Å². The van der Waals surface area contributed by atoms with Crippen LogP contribution in [0, 0.1) is 17.8 Å². The molecule has 2 fully saturated rings. The van der Waals surface area contributed by atoms with Crippen molar-refractivity contribution in [2.24, 2.45) is 17.8 Å². The van der Waals surface area contributed by atoms with Gasteiger partial charge in [-0.25, -0.2) is 0 Å². The minimum atomic E-state index is 0.969. The zero-order valence-corrected chi connectivity index (χ0v) is 8.06. The van der Waals surface area contributed by atoms with Gasteiger partial charge in [0.15, 0.2) is 0 Å². The van der Waals surface area contributed by atoms with Gasteiger partial charge in [-0.15, -0.1) is 0 Å². The van der Waals surface area contributed by atoms with Crippen molar-refractivity contribution in [3.63, 3.8) is 0 Å². The highest BCUT2D eigenvalue weighted by Gasteiger charge is 2.39. The average molecular weight is 171 g/mol. The monoisotopic (exact) mass is 171 g/mol. The van der Waals surface area contributed by atoms with Crippen LogP contribution in [0.2, 0.25) is 0 Å². The van der Waals surface area contributed by atoms with Gasteiger partial charge in [0.2, 0.25) is 0 Å². The largest absolute Gasteiger partial charge is 0.253 e.